The van der Waals surface area contributed by atoms with Gasteiger partial charge in [0.25, 0.3) is 5.91 Å². The summed E-state index contributed by atoms with van der Waals surface area (Å²) in [5.74, 6) is 0.508. The van der Waals surface area contributed by atoms with E-state index in [-0.39, 0.29) is 17.7 Å². The molecular weight excluding hydrogens is 416 g/mol. The number of amides is 2. The van der Waals surface area contributed by atoms with Gasteiger partial charge in [-0.25, -0.2) is 0 Å². The molecular formula is C23H35ClN4O3. The van der Waals surface area contributed by atoms with Crippen LogP contribution >= 0.6 is 11.6 Å². The van der Waals surface area contributed by atoms with Gasteiger partial charge in [0.05, 0.1) is 12.7 Å². The van der Waals surface area contributed by atoms with Gasteiger partial charge >= 0.3 is 0 Å². The fourth-order valence-corrected chi connectivity index (χ4v) is 4.52. The van der Waals surface area contributed by atoms with Crippen molar-refractivity contribution in [1.29, 1.82) is 0 Å². The monoisotopic (exact) mass is 450 g/mol. The van der Waals surface area contributed by atoms with Crippen molar-refractivity contribution < 1.29 is 14.3 Å². The van der Waals surface area contributed by atoms with E-state index in [1.54, 1.807) is 30.2 Å². The molecule has 0 unspecified atom stereocenters. The predicted molar refractivity (Wildman–Crippen MR) is 123 cm³/mol. The number of rotatable bonds is 8. The Morgan fingerprint density at radius 2 is 1.77 bits per heavy atom. The van der Waals surface area contributed by atoms with Gasteiger partial charge < -0.3 is 24.8 Å². The van der Waals surface area contributed by atoms with E-state index in [1.165, 1.54) is 0 Å². The second kappa shape index (κ2) is 11.7. The molecule has 0 radical (unpaired) electrons. The van der Waals surface area contributed by atoms with Crippen LogP contribution in [0.2, 0.25) is 5.02 Å². The third kappa shape index (κ3) is 6.57. The summed E-state index contributed by atoms with van der Waals surface area (Å²) < 4.78 is 5.31. The van der Waals surface area contributed by atoms with Crippen molar-refractivity contribution >= 4 is 23.4 Å². The molecule has 8 heteroatoms. The molecule has 2 aliphatic heterocycles. The Hall–Kier alpha value is -1.83. The fraction of sp³-hybridized carbons (Fsp3) is 0.652. The Labute approximate surface area is 190 Å². The number of ether oxygens (including phenoxy) is 1. The molecule has 0 aliphatic carbocycles. The lowest BCUT2D eigenvalue weighted by molar-refractivity contribution is -0.126. The van der Waals surface area contributed by atoms with Crippen molar-refractivity contribution in [2.75, 3.05) is 66.0 Å². The minimum atomic E-state index is -0.0959. The molecule has 1 aromatic rings. The molecule has 0 aromatic heterocycles. The van der Waals surface area contributed by atoms with Crippen LogP contribution < -0.4 is 10.1 Å². The molecule has 0 spiro atoms. The third-order valence-electron chi connectivity index (χ3n) is 6.41. The zero-order valence-electron chi connectivity index (χ0n) is 18.7. The van der Waals surface area contributed by atoms with Crippen LogP contribution in [-0.4, -0.2) is 92.5 Å². The molecule has 1 N–H and O–H groups in total. The Morgan fingerprint density at radius 1 is 1.10 bits per heavy atom. The smallest absolute Gasteiger partial charge is 0.257 e. The van der Waals surface area contributed by atoms with Crippen molar-refractivity contribution in [3.8, 4) is 5.75 Å². The van der Waals surface area contributed by atoms with Crippen LogP contribution in [0, 0.1) is 5.92 Å². The normalized spacial score (nSPS) is 18.7. The maximum absolute atomic E-state index is 12.9. The minimum Gasteiger partial charge on any atom is -0.496 e. The highest BCUT2D eigenvalue weighted by Crippen LogP contribution is 2.26. The summed E-state index contributed by atoms with van der Waals surface area (Å²) in [5, 5.41) is 3.60. The van der Waals surface area contributed by atoms with Gasteiger partial charge in [0.1, 0.15) is 5.75 Å². The molecule has 2 amide bonds. The van der Waals surface area contributed by atoms with E-state index in [9.17, 15) is 9.59 Å². The van der Waals surface area contributed by atoms with Gasteiger partial charge in [-0.2, -0.15) is 0 Å². The fourth-order valence-electron chi connectivity index (χ4n) is 4.35. The number of carbonyl (C=O) groups is 2. The van der Waals surface area contributed by atoms with Gasteiger partial charge in [-0.1, -0.05) is 18.5 Å². The Morgan fingerprint density at radius 3 is 2.42 bits per heavy atom. The summed E-state index contributed by atoms with van der Waals surface area (Å²) in [6.07, 6.45) is 2.34. The lowest BCUT2D eigenvalue weighted by Crippen LogP contribution is -2.47. The molecule has 1 aromatic carbocycles. The molecule has 31 heavy (non-hydrogen) atoms. The summed E-state index contributed by atoms with van der Waals surface area (Å²) in [6.45, 7) is 10.7. The van der Waals surface area contributed by atoms with E-state index < -0.39 is 0 Å². The van der Waals surface area contributed by atoms with E-state index >= 15 is 0 Å². The van der Waals surface area contributed by atoms with Crippen LogP contribution in [0.1, 0.15) is 36.5 Å². The van der Waals surface area contributed by atoms with Crippen molar-refractivity contribution in [3.05, 3.63) is 28.8 Å². The maximum atomic E-state index is 12.9. The average Bonchev–Trinajstić information content (AvgIpc) is 2.81. The van der Waals surface area contributed by atoms with Crippen molar-refractivity contribution in [3.63, 3.8) is 0 Å². The van der Waals surface area contributed by atoms with Gasteiger partial charge in [0.15, 0.2) is 0 Å². The second-order valence-corrected chi connectivity index (χ2v) is 8.77. The molecule has 2 saturated heterocycles. The first kappa shape index (κ1) is 23.8. The van der Waals surface area contributed by atoms with E-state index in [1.807, 2.05) is 0 Å². The highest BCUT2D eigenvalue weighted by Gasteiger charge is 2.29. The lowest BCUT2D eigenvalue weighted by atomic mass is 9.95. The van der Waals surface area contributed by atoms with E-state index in [0.29, 0.717) is 48.8 Å². The zero-order chi connectivity index (χ0) is 22.2. The highest BCUT2D eigenvalue weighted by atomic mass is 35.5. The molecule has 172 valence electrons. The molecule has 2 heterocycles. The summed E-state index contributed by atoms with van der Waals surface area (Å²) >= 11 is 6.06. The number of likely N-dealkylation sites (N-methyl/N-ethyl adjacent to an activating group) is 1. The maximum Gasteiger partial charge on any atom is 0.257 e. The lowest BCUT2D eigenvalue weighted by Gasteiger charge is -2.34. The molecule has 3 rings (SSSR count). The first-order valence-corrected chi connectivity index (χ1v) is 11.7. The molecule has 0 saturated carbocycles. The second-order valence-electron chi connectivity index (χ2n) is 8.33. The van der Waals surface area contributed by atoms with Crippen LogP contribution in [-0.2, 0) is 4.79 Å². The van der Waals surface area contributed by atoms with E-state index in [4.69, 9.17) is 16.3 Å². The summed E-state index contributed by atoms with van der Waals surface area (Å²) in [5.41, 5.74) is 0.470. The minimum absolute atomic E-state index is 0.0293. The number of benzene rings is 1. The molecule has 0 atom stereocenters. The number of hydrogen-bond acceptors (Lipinski definition) is 5. The number of nitrogens with zero attached hydrogens (tertiary/aromatic N) is 3. The topological polar surface area (TPSA) is 65.1 Å². The number of halogens is 1. The Balaban J connectivity index is 1.37. The SMILES string of the molecule is CCN1CCN(CCCNC(=O)C2CCN(C(=O)c3cc(Cl)ccc3OC)CC2)CC1. The number of piperidine rings is 1. The number of likely N-dealkylation sites (tertiary alicyclic amines) is 1. The van der Waals surface area contributed by atoms with Gasteiger partial charge in [-0.05, 0) is 50.6 Å². The number of methoxy groups -OCH3 is 1. The van der Waals surface area contributed by atoms with E-state index in [0.717, 1.165) is 45.7 Å². The Bertz CT molecular complexity index is 744. The molecule has 2 aliphatic rings. The number of carbonyl (C=O) groups excluding carboxylic acids is 2. The van der Waals surface area contributed by atoms with Crippen molar-refractivity contribution in [2.24, 2.45) is 5.92 Å². The van der Waals surface area contributed by atoms with Gasteiger partial charge in [0.2, 0.25) is 5.91 Å². The van der Waals surface area contributed by atoms with Gasteiger partial charge in [0, 0.05) is 56.8 Å². The summed E-state index contributed by atoms with van der Waals surface area (Å²) in [6, 6.07) is 5.06. The molecule has 7 nitrogen and oxygen atoms in total. The predicted octanol–water partition coefficient (Wildman–Crippen LogP) is 2.34. The van der Waals surface area contributed by atoms with Crippen LogP contribution in [0.25, 0.3) is 0 Å². The van der Waals surface area contributed by atoms with Gasteiger partial charge in [-0.3, -0.25) is 9.59 Å². The average molecular weight is 451 g/mol. The first-order chi connectivity index (χ1) is 15.0. The standard InChI is InChI=1S/C23H35ClN4O3/c1-3-26-13-15-27(16-14-26)10-4-9-25-22(29)18-7-11-28(12-8-18)23(30)20-17-19(24)5-6-21(20)31-2/h5-6,17-18H,3-4,7-16H2,1-2H3,(H,25,29). The largest absolute Gasteiger partial charge is 0.496 e. The zero-order valence-corrected chi connectivity index (χ0v) is 19.5. The highest BCUT2D eigenvalue weighted by molar-refractivity contribution is 6.31. The third-order valence-corrected chi connectivity index (χ3v) is 6.64. The molecule has 2 fully saturated rings. The van der Waals surface area contributed by atoms with Crippen LogP contribution in [0.15, 0.2) is 18.2 Å². The number of hydrogen-bond donors (Lipinski definition) is 1. The first-order valence-electron chi connectivity index (χ1n) is 11.4. The van der Waals surface area contributed by atoms with E-state index in [2.05, 4.69) is 22.0 Å². The summed E-state index contributed by atoms with van der Waals surface area (Å²) in [4.78, 5) is 32.2. The van der Waals surface area contributed by atoms with Crippen LogP contribution in [0.3, 0.4) is 0 Å². The molecule has 0 bridgehead atoms. The Kier molecular flexibility index (Phi) is 8.99. The summed E-state index contributed by atoms with van der Waals surface area (Å²) in [7, 11) is 1.54. The van der Waals surface area contributed by atoms with Gasteiger partial charge in [-0.15, -0.1) is 0 Å². The van der Waals surface area contributed by atoms with Crippen molar-refractivity contribution in [2.45, 2.75) is 26.2 Å². The van der Waals surface area contributed by atoms with Crippen molar-refractivity contribution in [1.82, 2.24) is 20.0 Å². The van der Waals surface area contributed by atoms with Crippen LogP contribution in [0.5, 0.6) is 5.75 Å². The number of nitrogens with one attached hydrogen (secondary N) is 1. The number of piperazine rings is 1. The van der Waals surface area contributed by atoms with Crippen LogP contribution in [0.4, 0.5) is 0 Å². The quantitative estimate of drug-likeness (QED) is 0.616.